The van der Waals surface area contributed by atoms with Crippen LogP contribution in [0.15, 0.2) is 0 Å². The van der Waals surface area contributed by atoms with Crippen LogP contribution in [-0.4, -0.2) is 36.4 Å². The molecule has 4 nitrogen and oxygen atoms in total. The van der Waals surface area contributed by atoms with Crippen molar-refractivity contribution < 1.29 is 10.3 Å². The number of primary amides is 1. The Bertz CT molecular complexity index is 236. The predicted octanol–water partition coefficient (Wildman–Crippen LogP) is 4.70. The molecule has 0 aromatic heterocycles. The van der Waals surface area contributed by atoms with Crippen LogP contribution in [0.3, 0.4) is 0 Å². The summed E-state index contributed by atoms with van der Waals surface area (Å²) in [6.45, 7) is 9.04. The Labute approximate surface area is 151 Å². The first kappa shape index (κ1) is 28.2. The normalized spacial score (nSPS) is 10.0. The Kier molecular flexibility index (Phi) is 29.0. The van der Waals surface area contributed by atoms with Crippen molar-refractivity contribution in [2.24, 2.45) is 5.73 Å². The Balaban J connectivity index is -0.000000468. The molecule has 0 rings (SSSR count). The highest BCUT2D eigenvalue weighted by molar-refractivity contribution is 5.73. The summed E-state index contributed by atoms with van der Waals surface area (Å²) in [6, 6.07) is 0. The predicted molar refractivity (Wildman–Crippen MR) is 107 cm³/mol. The van der Waals surface area contributed by atoms with Gasteiger partial charge in [0.05, 0.1) is 0 Å². The first-order valence-corrected chi connectivity index (χ1v) is 10.0. The number of nitrogens with zero attached hydrogens (tertiary/aromatic N) is 1. The lowest BCUT2D eigenvalue weighted by atomic mass is 10.1. The minimum atomic E-state index is -0.157. The van der Waals surface area contributed by atoms with Gasteiger partial charge in [-0.05, 0) is 33.0 Å². The van der Waals surface area contributed by atoms with Crippen LogP contribution in [0.4, 0.5) is 0 Å². The van der Waals surface area contributed by atoms with Crippen molar-refractivity contribution in [2.45, 2.75) is 104 Å². The average Bonchev–Trinajstić information content (AvgIpc) is 2.53. The van der Waals surface area contributed by atoms with E-state index in [0.717, 1.165) is 6.42 Å². The van der Waals surface area contributed by atoms with Crippen molar-refractivity contribution >= 4 is 5.91 Å². The number of hydrogen-bond donors (Lipinski definition) is 1. The molecule has 0 spiro atoms. The van der Waals surface area contributed by atoms with Crippen molar-refractivity contribution in [3.05, 3.63) is 0 Å². The van der Waals surface area contributed by atoms with Gasteiger partial charge in [0.15, 0.2) is 0 Å². The van der Waals surface area contributed by atoms with Crippen LogP contribution in [0.5, 0.6) is 0 Å². The molecule has 1 amide bonds. The van der Waals surface area contributed by atoms with Gasteiger partial charge in [-0.25, -0.2) is 0 Å². The van der Waals surface area contributed by atoms with Crippen LogP contribution in [0.2, 0.25) is 0 Å². The van der Waals surface area contributed by atoms with Gasteiger partial charge in [0.25, 0.3) is 0 Å². The second-order valence-corrected chi connectivity index (χ2v) is 6.65. The molecule has 0 heterocycles. The molecule has 0 aliphatic rings. The molecule has 0 atom stereocenters. The van der Waals surface area contributed by atoms with Crippen LogP contribution in [0.1, 0.15) is 104 Å². The quantitative estimate of drug-likeness (QED) is 0.436. The molecule has 0 fully saturated rings. The third-order valence-corrected chi connectivity index (χ3v) is 4.17. The Morgan fingerprint density at radius 2 is 1.17 bits per heavy atom. The van der Waals surface area contributed by atoms with E-state index in [1.165, 1.54) is 83.7 Å². The number of carbonyl (C=O) groups excluding carboxylic acids is 1. The smallest absolute Gasteiger partial charge is 0.217 e. The van der Waals surface area contributed by atoms with E-state index in [-0.39, 0.29) is 11.4 Å². The standard InChI is InChI=1S/C14H29NO.C6H15N.H2O/c1-2-3-4-5-6-7-8-9-10-11-12-13-14(15)16;1-4-6-7(3)5-2;/h2-13H2,1H3,(H2,15,16);4-6H2,1-3H3;1H2. The zero-order valence-electron chi connectivity index (χ0n) is 17.0. The second-order valence-electron chi connectivity index (χ2n) is 6.65. The van der Waals surface area contributed by atoms with E-state index in [0.29, 0.717) is 6.42 Å². The summed E-state index contributed by atoms with van der Waals surface area (Å²) >= 11 is 0. The molecular weight excluding hydrogens is 300 g/mol. The van der Waals surface area contributed by atoms with Crippen LogP contribution in [0.25, 0.3) is 0 Å². The van der Waals surface area contributed by atoms with Crippen LogP contribution >= 0.6 is 0 Å². The van der Waals surface area contributed by atoms with Gasteiger partial charge in [0.2, 0.25) is 5.91 Å². The summed E-state index contributed by atoms with van der Waals surface area (Å²) in [7, 11) is 2.14. The van der Waals surface area contributed by atoms with Crippen molar-refractivity contribution in [3.63, 3.8) is 0 Å². The SMILES string of the molecule is CCCCCCCCCCCCCC(N)=O.CCCN(C)CC.O. The first-order chi connectivity index (χ1) is 11.1. The number of unbranched alkanes of at least 4 members (excludes halogenated alkanes) is 10. The monoisotopic (exact) mass is 346 g/mol. The maximum absolute atomic E-state index is 10.5. The van der Waals surface area contributed by atoms with Crippen LogP contribution in [0, 0.1) is 0 Å². The van der Waals surface area contributed by atoms with Gasteiger partial charge in [-0.15, -0.1) is 0 Å². The lowest BCUT2D eigenvalue weighted by Crippen LogP contribution is -2.17. The van der Waals surface area contributed by atoms with E-state index in [4.69, 9.17) is 5.73 Å². The Morgan fingerprint density at radius 3 is 1.46 bits per heavy atom. The molecular formula is C20H46N2O2. The van der Waals surface area contributed by atoms with Crippen molar-refractivity contribution in [2.75, 3.05) is 20.1 Å². The molecule has 0 unspecified atom stereocenters. The third kappa shape index (κ3) is 29.4. The van der Waals surface area contributed by atoms with Crippen molar-refractivity contribution in [1.82, 2.24) is 4.90 Å². The highest BCUT2D eigenvalue weighted by atomic mass is 16.1. The van der Waals surface area contributed by atoms with E-state index in [1.54, 1.807) is 0 Å². The van der Waals surface area contributed by atoms with Gasteiger partial charge in [-0.2, -0.15) is 0 Å². The maximum atomic E-state index is 10.5. The van der Waals surface area contributed by atoms with E-state index in [9.17, 15) is 4.79 Å². The second kappa shape index (κ2) is 24.6. The van der Waals surface area contributed by atoms with E-state index < -0.39 is 0 Å². The highest BCUT2D eigenvalue weighted by Gasteiger charge is 1.95. The number of rotatable bonds is 15. The van der Waals surface area contributed by atoms with Crippen LogP contribution < -0.4 is 5.73 Å². The zero-order chi connectivity index (χ0) is 17.8. The fourth-order valence-corrected chi connectivity index (χ4v) is 2.50. The fourth-order valence-electron chi connectivity index (χ4n) is 2.50. The molecule has 24 heavy (non-hydrogen) atoms. The summed E-state index contributed by atoms with van der Waals surface area (Å²) in [5, 5.41) is 0. The van der Waals surface area contributed by atoms with Crippen molar-refractivity contribution in [1.29, 1.82) is 0 Å². The van der Waals surface area contributed by atoms with E-state index in [2.05, 4.69) is 32.7 Å². The van der Waals surface area contributed by atoms with Gasteiger partial charge in [0, 0.05) is 6.42 Å². The van der Waals surface area contributed by atoms with Crippen LogP contribution in [-0.2, 0) is 4.79 Å². The van der Waals surface area contributed by atoms with Gasteiger partial charge >= 0.3 is 0 Å². The molecule has 0 aliphatic heterocycles. The third-order valence-electron chi connectivity index (χ3n) is 4.17. The number of nitrogens with two attached hydrogens (primary N) is 1. The zero-order valence-corrected chi connectivity index (χ0v) is 17.0. The summed E-state index contributed by atoms with van der Waals surface area (Å²) in [5.41, 5.74) is 5.07. The molecule has 4 N–H and O–H groups in total. The van der Waals surface area contributed by atoms with Gasteiger partial charge < -0.3 is 16.1 Å². The van der Waals surface area contributed by atoms with Gasteiger partial charge in [-0.1, -0.05) is 85.0 Å². The molecule has 0 radical (unpaired) electrons. The fraction of sp³-hybridized carbons (Fsp3) is 0.950. The minimum absolute atomic E-state index is 0. The lowest BCUT2D eigenvalue weighted by Gasteiger charge is -2.10. The number of hydrogen-bond acceptors (Lipinski definition) is 2. The van der Waals surface area contributed by atoms with E-state index in [1.807, 2.05) is 0 Å². The molecule has 0 aromatic rings. The topological polar surface area (TPSA) is 77.8 Å². The largest absolute Gasteiger partial charge is 0.412 e. The molecule has 0 bridgehead atoms. The number of carbonyl (C=O) groups is 1. The molecule has 148 valence electrons. The summed E-state index contributed by atoms with van der Waals surface area (Å²) in [4.78, 5) is 12.8. The Morgan fingerprint density at radius 1 is 0.750 bits per heavy atom. The summed E-state index contributed by atoms with van der Waals surface area (Å²) < 4.78 is 0. The molecule has 0 saturated heterocycles. The van der Waals surface area contributed by atoms with Crippen molar-refractivity contribution in [3.8, 4) is 0 Å². The maximum Gasteiger partial charge on any atom is 0.217 e. The highest BCUT2D eigenvalue weighted by Crippen LogP contribution is 2.11. The van der Waals surface area contributed by atoms with E-state index >= 15 is 0 Å². The minimum Gasteiger partial charge on any atom is -0.412 e. The molecule has 4 heteroatoms. The molecule has 0 aliphatic carbocycles. The summed E-state index contributed by atoms with van der Waals surface area (Å²) in [5.74, 6) is -0.157. The molecule has 0 saturated carbocycles. The lowest BCUT2D eigenvalue weighted by molar-refractivity contribution is -0.118. The average molecular weight is 347 g/mol. The molecule has 0 aromatic carbocycles. The van der Waals surface area contributed by atoms with Gasteiger partial charge in [-0.3, -0.25) is 4.79 Å². The van der Waals surface area contributed by atoms with Gasteiger partial charge in [0.1, 0.15) is 0 Å². The summed E-state index contributed by atoms with van der Waals surface area (Å²) in [6.07, 6.45) is 16.3. The first-order valence-electron chi connectivity index (χ1n) is 10.0. The number of amides is 1. The Hall–Kier alpha value is -0.610.